The summed E-state index contributed by atoms with van der Waals surface area (Å²) in [6.07, 6.45) is 0. The zero-order chi connectivity index (χ0) is 14.5. The minimum absolute atomic E-state index is 0.0326. The number of nitrogens with zero attached hydrogens (tertiary/aromatic N) is 1. The zero-order valence-electron chi connectivity index (χ0n) is 10.8. The summed E-state index contributed by atoms with van der Waals surface area (Å²) in [6, 6.07) is 6.09. The first-order valence-electron chi connectivity index (χ1n) is 5.70. The van der Waals surface area contributed by atoms with E-state index in [0.29, 0.717) is 5.75 Å². The highest BCUT2D eigenvalue weighted by Gasteiger charge is 2.30. The number of ether oxygens (including phenoxy) is 1. The average Bonchev–Trinajstić information content (AvgIpc) is 2.37. The molecular formula is C12H16N2O4S. The third-order valence-electron chi connectivity index (χ3n) is 2.33. The molecule has 0 bridgehead atoms. The Morgan fingerprint density at radius 3 is 2.53 bits per heavy atom. The fourth-order valence-electron chi connectivity index (χ4n) is 1.25. The van der Waals surface area contributed by atoms with E-state index in [4.69, 9.17) is 10.5 Å². The molecule has 0 amide bonds. The topological polar surface area (TPSA) is 95.5 Å². The molecule has 2 N–H and O–H groups in total. The van der Waals surface area contributed by atoms with E-state index in [0.717, 1.165) is 4.90 Å². The largest absolute Gasteiger partial charge is 0.465 e. The van der Waals surface area contributed by atoms with Crippen molar-refractivity contribution in [1.29, 1.82) is 0 Å². The molecule has 0 heterocycles. The van der Waals surface area contributed by atoms with Gasteiger partial charge in [0, 0.05) is 22.8 Å². The molecule has 6 nitrogen and oxygen atoms in total. The van der Waals surface area contributed by atoms with Crippen molar-refractivity contribution in [2.75, 3.05) is 12.4 Å². The highest BCUT2D eigenvalue weighted by molar-refractivity contribution is 7.99. The Labute approximate surface area is 115 Å². The molecule has 1 rings (SSSR count). The van der Waals surface area contributed by atoms with Crippen molar-refractivity contribution in [1.82, 2.24) is 0 Å². The molecule has 1 aromatic rings. The number of carbonyl (C=O) groups is 1. The molecule has 1 atom stereocenters. The number of rotatable bonds is 6. The lowest BCUT2D eigenvalue weighted by atomic mass is 10.1. The molecule has 0 aliphatic carbocycles. The summed E-state index contributed by atoms with van der Waals surface area (Å²) < 4.78 is 4.88. The second-order valence-corrected chi connectivity index (χ2v) is 5.23. The third kappa shape index (κ3) is 4.53. The Morgan fingerprint density at radius 2 is 2.05 bits per heavy atom. The van der Waals surface area contributed by atoms with E-state index in [1.807, 2.05) is 0 Å². The zero-order valence-corrected chi connectivity index (χ0v) is 11.6. The van der Waals surface area contributed by atoms with E-state index in [1.54, 1.807) is 26.0 Å². The molecular weight excluding hydrogens is 268 g/mol. The van der Waals surface area contributed by atoms with Crippen LogP contribution in [0.1, 0.15) is 13.8 Å². The van der Waals surface area contributed by atoms with E-state index in [1.165, 1.54) is 23.9 Å². The van der Waals surface area contributed by atoms with Gasteiger partial charge in [0.1, 0.15) is 5.54 Å². The number of carbonyl (C=O) groups excluding carboxylic acids is 1. The van der Waals surface area contributed by atoms with Gasteiger partial charge in [-0.05, 0) is 26.0 Å². The van der Waals surface area contributed by atoms with Crippen LogP contribution in [0.4, 0.5) is 5.69 Å². The average molecular weight is 284 g/mol. The van der Waals surface area contributed by atoms with Gasteiger partial charge in [0.05, 0.1) is 11.5 Å². The maximum absolute atomic E-state index is 11.6. The number of thioether (sulfide) groups is 1. The summed E-state index contributed by atoms with van der Waals surface area (Å²) in [6.45, 7) is 3.61. The standard InChI is InChI=1S/C12H16N2O4S/c1-3-18-11(15)12(2,13)8-19-10-6-4-9(5-7-10)14(16)17/h4-7H,3,8,13H2,1-2H3. The van der Waals surface area contributed by atoms with Crippen LogP contribution in [-0.4, -0.2) is 28.8 Å². The number of hydrogen-bond donors (Lipinski definition) is 1. The summed E-state index contributed by atoms with van der Waals surface area (Å²) in [4.78, 5) is 22.4. The number of non-ortho nitro benzene ring substituents is 1. The van der Waals surface area contributed by atoms with Crippen molar-refractivity contribution in [2.45, 2.75) is 24.3 Å². The first-order valence-corrected chi connectivity index (χ1v) is 6.68. The number of benzene rings is 1. The van der Waals surface area contributed by atoms with Crippen molar-refractivity contribution in [2.24, 2.45) is 5.73 Å². The van der Waals surface area contributed by atoms with Gasteiger partial charge in [0.15, 0.2) is 0 Å². The lowest BCUT2D eigenvalue weighted by Crippen LogP contribution is -2.48. The van der Waals surface area contributed by atoms with Gasteiger partial charge in [-0.3, -0.25) is 14.9 Å². The fraction of sp³-hybridized carbons (Fsp3) is 0.417. The van der Waals surface area contributed by atoms with Gasteiger partial charge in [-0.15, -0.1) is 11.8 Å². The van der Waals surface area contributed by atoms with Crippen LogP contribution >= 0.6 is 11.8 Å². The number of hydrogen-bond acceptors (Lipinski definition) is 6. The Kier molecular flexibility index (Phi) is 5.31. The van der Waals surface area contributed by atoms with E-state index < -0.39 is 16.4 Å². The third-order valence-corrected chi connectivity index (χ3v) is 3.68. The second kappa shape index (κ2) is 6.53. The fourth-order valence-corrected chi connectivity index (χ4v) is 2.17. The Hall–Kier alpha value is -1.60. The van der Waals surface area contributed by atoms with Gasteiger partial charge in [0.25, 0.3) is 5.69 Å². The normalized spacial score (nSPS) is 13.6. The van der Waals surface area contributed by atoms with Gasteiger partial charge < -0.3 is 10.5 Å². The maximum Gasteiger partial charge on any atom is 0.326 e. The predicted molar refractivity (Wildman–Crippen MR) is 73.0 cm³/mol. The first-order chi connectivity index (χ1) is 8.86. The number of nitrogens with two attached hydrogens (primary N) is 1. The molecule has 1 aromatic carbocycles. The highest BCUT2D eigenvalue weighted by atomic mass is 32.2. The molecule has 1 unspecified atom stereocenters. The smallest absolute Gasteiger partial charge is 0.326 e. The molecule has 0 spiro atoms. The molecule has 0 aliphatic heterocycles. The number of nitro benzene ring substituents is 1. The molecule has 0 radical (unpaired) electrons. The predicted octanol–water partition coefficient (Wildman–Crippen LogP) is 1.97. The van der Waals surface area contributed by atoms with E-state index in [-0.39, 0.29) is 12.3 Å². The molecule has 104 valence electrons. The van der Waals surface area contributed by atoms with Crippen LogP contribution in [0.2, 0.25) is 0 Å². The Bertz CT molecular complexity index is 459. The van der Waals surface area contributed by atoms with Crippen molar-refractivity contribution < 1.29 is 14.5 Å². The van der Waals surface area contributed by atoms with Crippen molar-refractivity contribution >= 4 is 23.4 Å². The van der Waals surface area contributed by atoms with Crippen LogP contribution in [0, 0.1) is 10.1 Å². The first kappa shape index (κ1) is 15.5. The van der Waals surface area contributed by atoms with Crippen molar-refractivity contribution in [3.05, 3.63) is 34.4 Å². The van der Waals surface area contributed by atoms with E-state index >= 15 is 0 Å². The summed E-state index contributed by atoms with van der Waals surface area (Å²) in [5.41, 5.74) is 4.82. The van der Waals surface area contributed by atoms with Gasteiger partial charge >= 0.3 is 5.97 Å². The number of nitro groups is 1. The van der Waals surface area contributed by atoms with Crippen LogP contribution < -0.4 is 5.73 Å². The summed E-state index contributed by atoms with van der Waals surface area (Å²) >= 11 is 1.35. The van der Waals surface area contributed by atoms with Gasteiger partial charge in [-0.25, -0.2) is 0 Å². The molecule has 0 saturated heterocycles. The quantitative estimate of drug-likeness (QED) is 0.371. The van der Waals surface area contributed by atoms with Crippen LogP contribution in [0.15, 0.2) is 29.2 Å². The SMILES string of the molecule is CCOC(=O)C(C)(N)CSc1ccc([N+](=O)[O-])cc1. The van der Waals surface area contributed by atoms with Gasteiger partial charge in [-0.2, -0.15) is 0 Å². The van der Waals surface area contributed by atoms with Crippen molar-refractivity contribution in [3.8, 4) is 0 Å². The number of esters is 1. The molecule has 7 heteroatoms. The molecule has 19 heavy (non-hydrogen) atoms. The van der Waals surface area contributed by atoms with Crippen molar-refractivity contribution in [3.63, 3.8) is 0 Å². The lowest BCUT2D eigenvalue weighted by Gasteiger charge is -2.21. The van der Waals surface area contributed by atoms with Gasteiger partial charge in [-0.1, -0.05) is 0 Å². The van der Waals surface area contributed by atoms with Crippen LogP contribution in [-0.2, 0) is 9.53 Å². The second-order valence-electron chi connectivity index (χ2n) is 4.18. The molecule has 0 aliphatic rings. The van der Waals surface area contributed by atoms with Crippen LogP contribution in [0.25, 0.3) is 0 Å². The summed E-state index contributed by atoms with van der Waals surface area (Å²) in [5.74, 6) is -0.117. The minimum Gasteiger partial charge on any atom is -0.465 e. The summed E-state index contributed by atoms with van der Waals surface area (Å²) in [7, 11) is 0. The monoisotopic (exact) mass is 284 g/mol. The summed E-state index contributed by atoms with van der Waals surface area (Å²) in [5, 5.41) is 10.5. The maximum atomic E-state index is 11.6. The molecule has 0 fully saturated rings. The van der Waals surface area contributed by atoms with E-state index in [2.05, 4.69) is 0 Å². The Balaban J connectivity index is 2.61. The molecule has 0 aromatic heterocycles. The minimum atomic E-state index is -1.08. The Morgan fingerprint density at radius 1 is 1.47 bits per heavy atom. The molecule has 0 saturated carbocycles. The van der Waals surface area contributed by atoms with E-state index in [9.17, 15) is 14.9 Å². The van der Waals surface area contributed by atoms with Crippen LogP contribution in [0.5, 0.6) is 0 Å². The lowest BCUT2D eigenvalue weighted by molar-refractivity contribution is -0.384. The highest BCUT2D eigenvalue weighted by Crippen LogP contribution is 2.24. The van der Waals surface area contributed by atoms with Gasteiger partial charge in [0.2, 0.25) is 0 Å². The van der Waals surface area contributed by atoms with Crippen LogP contribution in [0.3, 0.4) is 0 Å².